The smallest absolute Gasteiger partial charge is 0.274 e. The molecule has 0 aromatic carbocycles. The zero-order chi connectivity index (χ0) is 12.8. The fraction of sp³-hybridized carbons (Fsp3) is 0.692. The predicted molar refractivity (Wildman–Crippen MR) is 68.1 cm³/mol. The molecule has 1 amide bonds. The van der Waals surface area contributed by atoms with Crippen LogP contribution in [0, 0.1) is 5.41 Å². The number of aryl methyl sites for hydroxylation is 1. The number of nitrogens with zero attached hydrogens (tertiary/aromatic N) is 3. The highest BCUT2D eigenvalue weighted by Gasteiger charge is 2.50. The summed E-state index contributed by atoms with van der Waals surface area (Å²) >= 11 is 0. The monoisotopic (exact) mass is 248 g/mol. The van der Waals surface area contributed by atoms with Crippen LogP contribution in [0.5, 0.6) is 0 Å². The van der Waals surface area contributed by atoms with Crippen LogP contribution in [-0.2, 0) is 6.54 Å². The van der Waals surface area contributed by atoms with Crippen molar-refractivity contribution in [3.05, 3.63) is 18.2 Å². The fourth-order valence-corrected chi connectivity index (χ4v) is 3.11. The van der Waals surface area contributed by atoms with Crippen LogP contribution in [-0.4, -0.2) is 39.5 Å². The van der Waals surface area contributed by atoms with E-state index in [1.165, 1.54) is 19.3 Å². The van der Waals surface area contributed by atoms with E-state index < -0.39 is 0 Å². The maximum Gasteiger partial charge on any atom is 0.274 e. The summed E-state index contributed by atoms with van der Waals surface area (Å²) in [4.78, 5) is 18.4. The van der Waals surface area contributed by atoms with Gasteiger partial charge >= 0.3 is 0 Å². The molecule has 1 spiro atoms. The lowest BCUT2D eigenvalue weighted by Gasteiger charge is -2.41. The molecule has 0 radical (unpaired) electrons. The van der Waals surface area contributed by atoms with Gasteiger partial charge in [0.15, 0.2) is 0 Å². The summed E-state index contributed by atoms with van der Waals surface area (Å²) in [6.45, 7) is 4.36. The van der Waals surface area contributed by atoms with E-state index in [0.29, 0.717) is 12.2 Å². The maximum absolute atomic E-state index is 12.3. The first-order valence-electron chi connectivity index (χ1n) is 6.71. The van der Waals surface area contributed by atoms with Crippen molar-refractivity contribution in [1.82, 2.24) is 14.5 Å². The van der Waals surface area contributed by atoms with Crippen molar-refractivity contribution < 1.29 is 4.79 Å². The van der Waals surface area contributed by atoms with Crippen LogP contribution in [0.4, 0.5) is 0 Å². The number of carbonyl (C=O) groups is 1. The normalized spacial score (nSPS) is 25.4. The van der Waals surface area contributed by atoms with Gasteiger partial charge in [-0.25, -0.2) is 4.98 Å². The minimum absolute atomic E-state index is 0.0291. The van der Waals surface area contributed by atoms with Crippen LogP contribution in [0.1, 0.15) is 36.7 Å². The number of nitrogens with two attached hydrogens (primary N) is 1. The first kappa shape index (κ1) is 11.7. The summed E-state index contributed by atoms with van der Waals surface area (Å²) in [6.07, 6.45) is 7.12. The lowest BCUT2D eigenvalue weighted by molar-refractivity contribution is 0.0721. The molecule has 2 aliphatic rings. The first-order chi connectivity index (χ1) is 8.64. The van der Waals surface area contributed by atoms with E-state index in [9.17, 15) is 4.79 Å². The summed E-state index contributed by atoms with van der Waals surface area (Å²) in [5, 5.41) is 0. The van der Waals surface area contributed by atoms with E-state index in [-0.39, 0.29) is 17.4 Å². The van der Waals surface area contributed by atoms with Gasteiger partial charge in [-0.05, 0) is 19.8 Å². The van der Waals surface area contributed by atoms with Crippen molar-refractivity contribution in [2.24, 2.45) is 11.1 Å². The van der Waals surface area contributed by atoms with E-state index in [0.717, 1.165) is 13.1 Å². The van der Waals surface area contributed by atoms with E-state index in [2.05, 4.69) is 4.98 Å². The molecule has 5 heteroatoms. The zero-order valence-corrected chi connectivity index (χ0v) is 10.8. The molecule has 1 aliphatic heterocycles. The first-order valence-corrected chi connectivity index (χ1v) is 6.71. The number of aromatic nitrogens is 2. The number of hydrogen-bond donors (Lipinski definition) is 1. The Bertz CT molecular complexity index is 463. The zero-order valence-electron chi connectivity index (χ0n) is 10.8. The molecule has 1 aromatic rings. The van der Waals surface area contributed by atoms with Crippen molar-refractivity contribution in [2.75, 3.05) is 13.1 Å². The molecule has 1 atom stereocenters. The molecule has 1 unspecified atom stereocenters. The van der Waals surface area contributed by atoms with Crippen LogP contribution in [0.15, 0.2) is 12.5 Å². The van der Waals surface area contributed by atoms with E-state index in [4.69, 9.17) is 5.73 Å². The highest BCUT2D eigenvalue weighted by Crippen LogP contribution is 2.47. The van der Waals surface area contributed by atoms with Crippen molar-refractivity contribution in [3.63, 3.8) is 0 Å². The highest BCUT2D eigenvalue weighted by atomic mass is 16.2. The van der Waals surface area contributed by atoms with Gasteiger partial charge in [-0.1, -0.05) is 6.42 Å². The Balaban J connectivity index is 1.74. The quantitative estimate of drug-likeness (QED) is 0.844. The Morgan fingerprint density at radius 2 is 2.39 bits per heavy atom. The summed E-state index contributed by atoms with van der Waals surface area (Å²) in [5.74, 6) is 0.0291. The molecular formula is C13H20N4O. The van der Waals surface area contributed by atoms with Crippen LogP contribution in [0.25, 0.3) is 0 Å². The second kappa shape index (κ2) is 4.09. The molecule has 2 fully saturated rings. The number of amides is 1. The topological polar surface area (TPSA) is 64.2 Å². The second-order valence-corrected chi connectivity index (χ2v) is 5.60. The van der Waals surface area contributed by atoms with Gasteiger partial charge in [0, 0.05) is 37.3 Å². The molecule has 18 heavy (non-hydrogen) atoms. The molecular weight excluding hydrogens is 228 g/mol. The number of carbonyl (C=O) groups excluding carboxylic acids is 1. The molecule has 2 heterocycles. The summed E-state index contributed by atoms with van der Waals surface area (Å²) in [5.41, 5.74) is 6.95. The second-order valence-electron chi connectivity index (χ2n) is 5.60. The number of imidazole rings is 1. The molecule has 1 saturated carbocycles. The third kappa shape index (κ3) is 1.65. The number of likely N-dealkylation sites (tertiary alicyclic amines) is 1. The lowest BCUT2D eigenvalue weighted by Crippen LogP contribution is -2.45. The van der Waals surface area contributed by atoms with Crippen LogP contribution < -0.4 is 5.73 Å². The van der Waals surface area contributed by atoms with Crippen molar-refractivity contribution in [1.29, 1.82) is 0 Å². The van der Waals surface area contributed by atoms with Gasteiger partial charge in [-0.15, -0.1) is 0 Å². The van der Waals surface area contributed by atoms with Gasteiger partial charge in [0.25, 0.3) is 5.91 Å². The van der Waals surface area contributed by atoms with Gasteiger partial charge in [-0.2, -0.15) is 0 Å². The molecule has 1 saturated heterocycles. The third-order valence-corrected chi connectivity index (χ3v) is 4.56. The third-order valence-electron chi connectivity index (χ3n) is 4.56. The Morgan fingerprint density at radius 1 is 1.61 bits per heavy atom. The van der Waals surface area contributed by atoms with Crippen LogP contribution in [0.3, 0.4) is 0 Å². The number of hydrogen-bond acceptors (Lipinski definition) is 3. The van der Waals surface area contributed by atoms with Crippen molar-refractivity contribution in [2.45, 2.75) is 38.8 Å². The summed E-state index contributed by atoms with van der Waals surface area (Å²) in [7, 11) is 0. The van der Waals surface area contributed by atoms with Gasteiger partial charge < -0.3 is 15.2 Å². The SMILES string of the molecule is CCn1cnc(C(=O)N2CC(N)C3(CCC3)C2)c1. The maximum atomic E-state index is 12.3. The molecule has 1 aliphatic carbocycles. The van der Waals surface area contributed by atoms with E-state index in [1.807, 2.05) is 22.6 Å². The summed E-state index contributed by atoms with van der Waals surface area (Å²) < 4.78 is 1.92. The minimum Gasteiger partial charge on any atom is -0.337 e. The lowest BCUT2D eigenvalue weighted by atomic mass is 9.66. The van der Waals surface area contributed by atoms with E-state index >= 15 is 0 Å². The van der Waals surface area contributed by atoms with Crippen molar-refractivity contribution >= 4 is 5.91 Å². The average molecular weight is 248 g/mol. The largest absolute Gasteiger partial charge is 0.337 e. The Labute approximate surface area is 107 Å². The predicted octanol–water partition coefficient (Wildman–Crippen LogP) is 0.856. The van der Waals surface area contributed by atoms with E-state index in [1.54, 1.807) is 6.33 Å². The van der Waals surface area contributed by atoms with Crippen LogP contribution in [0.2, 0.25) is 0 Å². The molecule has 2 N–H and O–H groups in total. The molecule has 98 valence electrons. The molecule has 5 nitrogen and oxygen atoms in total. The molecule has 1 aromatic heterocycles. The van der Waals surface area contributed by atoms with Crippen molar-refractivity contribution in [3.8, 4) is 0 Å². The highest BCUT2D eigenvalue weighted by molar-refractivity contribution is 5.92. The van der Waals surface area contributed by atoms with Gasteiger partial charge in [0.2, 0.25) is 0 Å². The van der Waals surface area contributed by atoms with Gasteiger partial charge in [0.05, 0.1) is 6.33 Å². The molecule has 3 rings (SSSR count). The van der Waals surface area contributed by atoms with Crippen LogP contribution >= 0.6 is 0 Å². The molecule has 0 bridgehead atoms. The van der Waals surface area contributed by atoms with Gasteiger partial charge in [0.1, 0.15) is 5.69 Å². The Kier molecular flexibility index (Phi) is 2.66. The Hall–Kier alpha value is -1.36. The fourth-order valence-electron chi connectivity index (χ4n) is 3.11. The standard InChI is InChI=1S/C13H20N4O/c1-2-16-6-10(15-9-16)12(18)17-7-11(14)13(8-17)4-3-5-13/h6,9,11H,2-5,7-8,14H2,1H3. The number of rotatable bonds is 2. The minimum atomic E-state index is 0.0291. The van der Waals surface area contributed by atoms with Gasteiger partial charge in [-0.3, -0.25) is 4.79 Å². The average Bonchev–Trinajstić information content (AvgIpc) is 2.91. The Morgan fingerprint density at radius 3 is 2.89 bits per heavy atom. The summed E-state index contributed by atoms with van der Waals surface area (Å²) in [6, 6.07) is 0.142.